The normalized spacial score (nSPS) is 25.3. The number of rotatable bonds is 4. The number of ether oxygens (including phenoxy) is 2. The van der Waals surface area contributed by atoms with Gasteiger partial charge in [0.25, 0.3) is 0 Å². The average molecular weight is 458 g/mol. The van der Waals surface area contributed by atoms with E-state index in [-0.39, 0.29) is 30.5 Å². The number of amides is 2. The first-order valence-electron chi connectivity index (χ1n) is 12.6. The van der Waals surface area contributed by atoms with E-state index in [1.165, 1.54) is 5.56 Å². The molecule has 3 aliphatic heterocycles. The molecule has 2 amide bonds. The lowest BCUT2D eigenvalue weighted by molar-refractivity contribution is -0.143. The largest absolute Gasteiger partial charge is 0.381 e. The van der Waals surface area contributed by atoms with Gasteiger partial charge in [0.05, 0.1) is 0 Å². The number of hydrogen-bond acceptors (Lipinski definition) is 5. The van der Waals surface area contributed by atoms with Crippen LogP contribution in [-0.4, -0.2) is 79.8 Å². The minimum Gasteiger partial charge on any atom is -0.381 e. The zero-order chi connectivity index (χ0) is 23.2. The molecule has 2 saturated heterocycles. The van der Waals surface area contributed by atoms with E-state index in [9.17, 15) is 9.59 Å². The molecule has 2 bridgehead atoms. The van der Waals surface area contributed by atoms with Crippen molar-refractivity contribution in [1.29, 1.82) is 0 Å². The van der Waals surface area contributed by atoms with Gasteiger partial charge in [-0.3, -0.25) is 14.5 Å². The molecule has 0 radical (unpaired) electrons. The topological polar surface area (TPSA) is 62.3 Å². The van der Waals surface area contributed by atoms with E-state index < -0.39 is 0 Å². The average Bonchev–Trinajstić information content (AvgIpc) is 2.86. The Morgan fingerprint density at radius 1 is 1.00 bits per heavy atom. The quantitative estimate of drug-likeness (QED) is 0.695. The Balaban J connectivity index is 1.73. The molecule has 4 rings (SSSR count). The van der Waals surface area contributed by atoms with Crippen molar-refractivity contribution in [3.8, 4) is 0 Å². The molecule has 1 aromatic carbocycles. The van der Waals surface area contributed by atoms with Gasteiger partial charge in [-0.25, -0.2) is 0 Å². The van der Waals surface area contributed by atoms with Gasteiger partial charge in [-0.2, -0.15) is 0 Å². The molecule has 0 aliphatic carbocycles. The van der Waals surface area contributed by atoms with Gasteiger partial charge in [-0.15, -0.1) is 0 Å². The maximum Gasteiger partial charge on any atom is 0.249 e. The summed E-state index contributed by atoms with van der Waals surface area (Å²) in [6.45, 7) is 5.87. The number of fused-ring (bicyclic) bond motifs is 3. The predicted octanol–water partition coefficient (Wildman–Crippen LogP) is 3.21. The van der Waals surface area contributed by atoms with E-state index in [4.69, 9.17) is 9.47 Å². The Morgan fingerprint density at radius 3 is 2.52 bits per heavy atom. The number of piperidine rings is 1. The molecular weight excluding hydrogens is 418 g/mol. The molecule has 2 fully saturated rings. The smallest absolute Gasteiger partial charge is 0.249 e. The number of carbonyl (C=O) groups is 2. The van der Waals surface area contributed by atoms with Crippen LogP contribution in [0.1, 0.15) is 57.4 Å². The van der Waals surface area contributed by atoms with Crippen molar-refractivity contribution in [3.63, 3.8) is 0 Å². The molecule has 0 N–H and O–H groups in total. The standard InChI is InChI=1S/C26H39N3O4/c1-3-25(30)28-14-11-22-8-6-9-23(29(22)26(31)19-32-2)18-27(21-12-15-33-16-13-21)17-20-7-4-5-10-24(20)28/h4-5,7,10,21-23H,3,6,8-9,11-19H2,1-2H3. The number of anilines is 1. The summed E-state index contributed by atoms with van der Waals surface area (Å²) < 4.78 is 10.9. The van der Waals surface area contributed by atoms with Crippen LogP contribution in [0.15, 0.2) is 24.3 Å². The van der Waals surface area contributed by atoms with Crippen molar-refractivity contribution >= 4 is 17.5 Å². The first-order valence-corrected chi connectivity index (χ1v) is 12.6. The fraction of sp³-hybridized carbons (Fsp3) is 0.692. The van der Waals surface area contributed by atoms with Gasteiger partial charge in [-0.05, 0) is 50.2 Å². The molecule has 7 nitrogen and oxygen atoms in total. The third kappa shape index (κ3) is 5.58. The summed E-state index contributed by atoms with van der Waals surface area (Å²) in [5, 5.41) is 0. The van der Waals surface area contributed by atoms with Gasteiger partial charge in [0.15, 0.2) is 0 Å². The second-order valence-electron chi connectivity index (χ2n) is 9.56. The number of benzene rings is 1. The minimum atomic E-state index is 0.0734. The Morgan fingerprint density at radius 2 is 1.76 bits per heavy atom. The number of carbonyl (C=O) groups excluding carboxylic acids is 2. The molecular formula is C26H39N3O4. The fourth-order valence-electron chi connectivity index (χ4n) is 5.87. The van der Waals surface area contributed by atoms with Gasteiger partial charge < -0.3 is 19.3 Å². The van der Waals surface area contributed by atoms with Gasteiger partial charge in [0.2, 0.25) is 11.8 Å². The third-order valence-corrected chi connectivity index (χ3v) is 7.52. The summed E-state index contributed by atoms with van der Waals surface area (Å²) >= 11 is 0. The zero-order valence-corrected chi connectivity index (χ0v) is 20.2. The Kier molecular flexibility index (Phi) is 8.39. The van der Waals surface area contributed by atoms with Crippen LogP contribution in [0, 0.1) is 0 Å². The summed E-state index contributed by atoms with van der Waals surface area (Å²) in [7, 11) is 1.59. The highest BCUT2D eigenvalue weighted by molar-refractivity contribution is 5.94. The molecule has 0 spiro atoms. The Bertz CT molecular complexity index is 810. The molecule has 1 aromatic rings. The van der Waals surface area contributed by atoms with Crippen molar-refractivity contribution in [1.82, 2.24) is 9.80 Å². The summed E-state index contributed by atoms with van der Waals surface area (Å²) in [4.78, 5) is 32.9. The van der Waals surface area contributed by atoms with Crippen LogP contribution >= 0.6 is 0 Å². The van der Waals surface area contributed by atoms with E-state index in [0.29, 0.717) is 19.0 Å². The first-order chi connectivity index (χ1) is 16.1. The van der Waals surface area contributed by atoms with Crippen LogP contribution in [0.3, 0.4) is 0 Å². The second-order valence-corrected chi connectivity index (χ2v) is 9.56. The highest BCUT2D eigenvalue weighted by atomic mass is 16.5. The lowest BCUT2D eigenvalue weighted by atomic mass is 9.92. The highest BCUT2D eigenvalue weighted by Gasteiger charge is 2.37. The van der Waals surface area contributed by atoms with Crippen molar-refractivity contribution < 1.29 is 19.1 Å². The maximum absolute atomic E-state index is 13.2. The summed E-state index contributed by atoms with van der Waals surface area (Å²) in [5.41, 5.74) is 2.21. The summed E-state index contributed by atoms with van der Waals surface area (Å²) in [6, 6.07) is 9.08. The van der Waals surface area contributed by atoms with Crippen LogP contribution in [0.4, 0.5) is 5.69 Å². The van der Waals surface area contributed by atoms with E-state index in [2.05, 4.69) is 28.0 Å². The van der Waals surface area contributed by atoms with Gasteiger partial charge in [0, 0.05) is 70.2 Å². The molecule has 0 aromatic heterocycles. The number of nitrogens with zero attached hydrogens (tertiary/aromatic N) is 3. The highest BCUT2D eigenvalue weighted by Crippen LogP contribution is 2.32. The summed E-state index contributed by atoms with van der Waals surface area (Å²) in [5.74, 6) is 0.214. The van der Waals surface area contributed by atoms with Crippen molar-refractivity contribution in [2.45, 2.75) is 76.5 Å². The third-order valence-electron chi connectivity index (χ3n) is 7.52. The number of para-hydroxylation sites is 1. The van der Waals surface area contributed by atoms with E-state index in [0.717, 1.165) is 70.5 Å². The summed E-state index contributed by atoms with van der Waals surface area (Å²) in [6.07, 6.45) is 6.39. The van der Waals surface area contributed by atoms with Gasteiger partial charge in [-0.1, -0.05) is 25.1 Å². The monoisotopic (exact) mass is 457 g/mol. The molecule has 2 atom stereocenters. The molecule has 33 heavy (non-hydrogen) atoms. The van der Waals surface area contributed by atoms with E-state index >= 15 is 0 Å². The van der Waals surface area contributed by atoms with Crippen LogP contribution in [0.5, 0.6) is 0 Å². The zero-order valence-electron chi connectivity index (χ0n) is 20.2. The lowest BCUT2D eigenvalue weighted by Crippen LogP contribution is -2.56. The maximum atomic E-state index is 13.2. The first kappa shape index (κ1) is 24.2. The molecule has 182 valence electrons. The molecule has 3 heterocycles. The lowest BCUT2D eigenvalue weighted by Gasteiger charge is -2.45. The molecule has 7 heteroatoms. The Labute approximate surface area is 198 Å². The van der Waals surface area contributed by atoms with Gasteiger partial charge >= 0.3 is 0 Å². The SMILES string of the molecule is CCC(=O)N1CCC2CCCC(CN(C3CCOCC3)Cc3ccccc31)N2C(=O)COC. The van der Waals surface area contributed by atoms with Crippen LogP contribution in [0.25, 0.3) is 0 Å². The van der Waals surface area contributed by atoms with Crippen molar-refractivity contribution in [3.05, 3.63) is 29.8 Å². The van der Waals surface area contributed by atoms with Crippen LogP contribution in [0.2, 0.25) is 0 Å². The number of methoxy groups -OCH3 is 1. The van der Waals surface area contributed by atoms with Crippen molar-refractivity contribution in [2.24, 2.45) is 0 Å². The van der Waals surface area contributed by atoms with E-state index in [1.807, 2.05) is 17.9 Å². The molecule has 0 saturated carbocycles. The predicted molar refractivity (Wildman–Crippen MR) is 128 cm³/mol. The van der Waals surface area contributed by atoms with Crippen molar-refractivity contribution in [2.75, 3.05) is 44.9 Å². The minimum absolute atomic E-state index is 0.0734. The van der Waals surface area contributed by atoms with Gasteiger partial charge in [0.1, 0.15) is 6.61 Å². The van der Waals surface area contributed by atoms with Crippen LogP contribution in [-0.2, 0) is 25.6 Å². The Hall–Kier alpha value is -1.96. The molecule has 3 aliphatic rings. The molecule has 2 unspecified atom stereocenters. The second kappa shape index (κ2) is 11.4. The number of hydrogen-bond donors (Lipinski definition) is 0. The van der Waals surface area contributed by atoms with E-state index in [1.54, 1.807) is 7.11 Å². The fourth-order valence-corrected chi connectivity index (χ4v) is 5.87. The van der Waals surface area contributed by atoms with Crippen LogP contribution < -0.4 is 4.90 Å².